The molecule has 1 amide bonds. The van der Waals surface area contributed by atoms with E-state index in [1.165, 1.54) is 12.8 Å². The van der Waals surface area contributed by atoms with Crippen LogP contribution in [0, 0.1) is 11.5 Å². The van der Waals surface area contributed by atoms with Crippen LogP contribution >= 0.6 is 11.6 Å². The lowest BCUT2D eigenvalue weighted by molar-refractivity contribution is 0.0928. The number of benzene rings is 1. The first-order chi connectivity index (χ1) is 15.1. The number of amides is 1. The fourth-order valence-corrected chi connectivity index (χ4v) is 5.36. The normalized spacial score (nSPS) is 24.5. The Morgan fingerprint density at radius 2 is 2.10 bits per heavy atom. The Labute approximate surface area is 184 Å². The number of nitrogens with zero attached hydrogens (tertiary/aromatic N) is 5. The molecule has 3 aromatic rings. The number of carbonyl (C=O) groups is 1. The molecule has 3 atom stereocenters. The zero-order valence-electron chi connectivity index (χ0n) is 16.8. The highest BCUT2D eigenvalue weighted by molar-refractivity contribution is 6.34. The molecule has 3 fully saturated rings. The molecular weight excluding hydrogens is 412 g/mol. The van der Waals surface area contributed by atoms with Crippen molar-refractivity contribution in [1.29, 1.82) is 5.26 Å². The van der Waals surface area contributed by atoms with Gasteiger partial charge in [0, 0.05) is 23.0 Å². The second-order valence-corrected chi connectivity index (χ2v) is 9.17. The second-order valence-electron chi connectivity index (χ2n) is 8.76. The van der Waals surface area contributed by atoms with E-state index in [4.69, 9.17) is 16.6 Å². The SMILES string of the molecule is N#CN1[C@H]2CC[C@@H]1[C@H](NC(=O)c1cc3cnn(-c4cccc(C5CC5)n4)c3cc1Cl)C2. The standard InChI is InChI=1S/C23H21ClN6O/c24-17-10-21-14(11-26-30(21)22-3-1-2-18(27-22)13-4-5-13)8-16(17)23(31)28-19-9-15-6-7-20(19)29(15)12-25/h1-3,8,10-11,13,15,19-20H,4-7,9H2,(H,28,31)/t15-,19+,20+/m0/s1. The number of hydrogen-bond acceptors (Lipinski definition) is 5. The van der Waals surface area contributed by atoms with Crippen LogP contribution in [-0.2, 0) is 0 Å². The molecule has 0 unspecified atom stereocenters. The zero-order valence-corrected chi connectivity index (χ0v) is 17.6. The summed E-state index contributed by atoms with van der Waals surface area (Å²) in [5, 5.41) is 18.2. The van der Waals surface area contributed by atoms with Gasteiger partial charge in [0.15, 0.2) is 12.0 Å². The molecule has 156 valence electrons. The third kappa shape index (κ3) is 3.05. The van der Waals surface area contributed by atoms with Gasteiger partial charge < -0.3 is 10.2 Å². The highest BCUT2D eigenvalue weighted by Crippen LogP contribution is 2.39. The third-order valence-corrected chi connectivity index (χ3v) is 7.15. The lowest BCUT2D eigenvalue weighted by atomic mass is 9.95. The van der Waals surface area contributed by atoms with Crippen LogP contribution in [0.4, 0.5) is 0 Å². The number of nitriles is 1. The Morgan fingerprint density at radius 3 is 2.87 bits per heavy atom. The van der Waals surface area contributed by atoms with E-state index in [0.29, 0.717) is 16.5 Å². The van der Waals surface area contributed by atoms with Crippen molar-refractivity contribution in [2.24, 2.45) is 0 Å². The molecule has 1 N–H and O–H groups in total. The van der Waals surface area contributed by atoms with Gasteiger partial charge in [-0.25, -0.2) is 9.67 Å². The van der Waals surface area contributed by atoms with Crippen molar-refractivity contribution >= 4 is 28.4 Å². The van der Waals surface area contributed by atoms with Gasteiger partial charge in [-0.1, -0.05) is 17.7 Å². The second kappa shape index (κ2) is 6.96. The highest BCUT2D eigenvalue weighted by Gasteiger charge is 2.46. The van der Waals surface area contributed by atoms with Crippen molar-refractivity contribution in [3.05, 3.63) is 52.8 Å². The first-order valence-electron chi connectivity index (χ1n) is 10.8. The maximum atomic E-state index is 13.0. The van der Waals surface area contributed by atoms with E-state index in [1.807, 2.05) is 17.0 Å². The fraction of sp³-hybridized carbons (Fsp3) is 0.391. The molecule has 2 aromatic heterocycles. The van der Waals surface area contributed by atoms with Crippen molar-refractivity contribution in [2.45, 2.75) is 56.1 Å². The summed E-state index contributed by atoms with van der Waals surface area (Å²) in [6.07, 6.45) is 9.17. The number of fused-ring (bicyclic) bond motifs is 3. The molecule has 1 aromatic carbocycles. The number of aromatic nitrogens is 3. The van der Waals surface area contributed by atoms with Gasteiger partial charge in [-0.2, -0.15) is 10.4 Å². The van der Waals surface area contributed by atoms with Gasteiger partial charge in [-0.15, -0.1) is 0 Å². The number of nitrogens with one attached hydrogen (secondary N) is 1. The van der Waals surface area contributed by atoms with Gasteiger partial charge in [-0.05, 0) is 56.4 Å². The third-order valence-electron chi connectivity index (χ3n) is 6.84. The maximum Gasteiger partial charge on any atom is 0.253 e. The van der Waals surface area contributed by atoms with Crippen molar-refractivity contribution < 1.29 is 4.79 Å². The van der Waals surface area contributed by atoms with Gasteiger partial charge >= 0.3 is 0 Å². The molecule has 2 saturated heterocycles. The van der Waals surface area contributed by atoms with Crippen molar-refractivity contribution in [2.75, 3.05) is 0 Å². The molecule has 6 rings (SSSR count). The summed E-state index contributed by atoms with van der Waals surface area (Å²) in [7, 11) is 0. The largest absolute Gasteiger partial charge is 0.347 e. The lowest BCUT2D eigenvalue weighted by Crippen LogP contribution is -2.43. The topological polar surface area (TPSA) is 86.8 Å². The van der Waals surface area contributed by atoms with Crippen LogP contribution in [0.2, 0.25) is 5.02 Å². The molecule has 2 aliphatic heterocycles. The molecule has 7 nitrogen and oxygen atoms in total. The number of rotatable bonds is 4. The predicted molar refractivity (Wildman–Crippen MR) is 116 cm³/mol. The van der Waals surface area contributed by atoms with Crippen LogP contribution in [0.5, 0.6) is 0 Å². The molecule has 0 spiro atoms. The average molecular weight is 433 g/mol. The number of halogens is 1. The minimum atomic E-state index is -0.205. The van der Waals surface area contributed by atoms with Crippen LogP contribution < -0.4 is 5.32 Å². The van der Waals surface area contributed by atoms with Crippen molar-refractivity contribution in [3.8, 4) is 12.0 Å². The molecule has 3 aliphatic rings. The number of hydrogen-bond donors (Lipinski definition) is 1. The molecular formula is C23H21ClN6O. The van der Waals surface area contributed by atoms with E-state index in [0.717, 1.165) is 41.7 Å². The van der Waals surface area contributed by atoms with Crippen LogP contribution in [0.25, 0.3) is 16.7 Å². The summed E-state index contributed by atoms with van der Waals surface area (Å²) in [6, 6.07) is 9.89. The predicted octanol–water partition coefficient (Wildman–Crippen LogP) is 3.77. The average Bonchev–Trinajstić information content (AvgIpc) is 3.33. The van der Waals surface area contributed by atoms with E-state index in [2.05, 4.69) is 22.7 Å². The first kappa shape index (κ1) is 18.6. The van der Waals surface area contributed by atoms with Crippen molar-refractivity contribution in [3.63, 3.8) is 0 Å². The molecule has 4 heterocycles. The summed E-state index contributed by atoms with van der Waals surface area (Å²) >= 11 is 6.54. The van der Waals surface area contributed by atoms with Crippen LogP contribution in [0.15, 0.2) is 36.5 Å². The summed E-state index contributed by atoms with van der Waals surface area (Å²) in [4.78, 5) is 19.6. The summed E-state index contributed by atoms with van der Waals surface area (Å²) in [5.41, 5.74) is 2.35. The lowest BCUT2D eigenvalue weighted by Gasteiger charge is -2.22. The van der Waals surface area contributed by atoms with Gasteiger partial charge in [0.1, 0.15) is 0 Å². The first-order valence-corrected chi connectivity index (χ1v) is 11.1. The van der Waals surface area contributed by atoms with E-state index in [1.54, 1.807) is 23.0 Å². The smallest absolute Gasteiger partial charge is 0.253 e. The molecule has 8 heteroatoms. The highest BCUT2D eigenvalue weighted by atomic mass is 35.5. The Morgan fingerprint density at radius 1 is 1.23 bits per heavy atom. The molecule has 1 saturated carbocycles. The van der Waals surface area contributed by atoms with Gasteiger partial charge in [0.2, 0.25) is 0 Å². The van der Waals surface area contributed by atoms with E-state index in [9.17, 15) is 10.1 Å². The van der Waals surface area contributed by atoms with Crippen LogP contribution in [-0.4, -0.2) is 43.7 Å². The van der Waals surface area contributed by atoms with Gasteiger partial charge in [0.25, 0.3) is 5.91 Å². The van der Waals surface area contributed by atoms with Crippen LogP contribution in [0.3, 0.4) is 0 Å². The Kier molecular flexibility index (Phi) is 4.19. The van der Waals surface area contributed by atoms with Gasteiger partial charge in [0.05, 0.1) is 34.4 Å². The Bertz CT molecular complexity index is 1240. The molecule has 0 radical (unpaired) electrons. The molecule has 31 heavy (non-hydrogen) atoms. The number of pyridine rings is 1. The van der Waals surface area contributed by atoms with Crippen molar-refractivity contribution in [1.82, 2.24) is 25.0 Å². The van der Waals surface area contributed by atoms with E-state index in [-0.39, 0.29) is 24.0 Å². The monoisotopic (exact) mass is 432 g/mol. The summed E-state index contributed by atoms with van der Waals surface area (Å²) in [6.45, 7) is 0. The minimum Gasteiger partial charge on any atom is -0.347 e. The summed E-state index contributed by atoms with van der Waals surface area (Å²) < 4.78 is 1.77. The minimum absolute atomic E-state index is 0.0187. The zero-order chi connectivity index (χ0) is 21.1. The fourth-order valence-electron chi connectivity index (χ4n) is 5.11. The maximum absolute atomic E-state index is 13.0. The van der Waals surface area contributed by atoms with Gasteiger partial charge in [-0.3, -0.25) is 4.79 Å². The van der Waals surface area contributed by atoms with E-state index < -0.39 is 0 Å². The Balaban J connectivity index is 1.28. The molecule has 2 bridgehead atoms. The van der Waals surface area contributed by atoms with E-state index >= 15 is 0 Å². The molecule has 1 aliphatic carbocycles. The summed E-state index contributed by atoms with van der Waals surface area (Å²) in [5.74, 6) is 1.11. The Hall–Kier alpha value is -3.11. The number of carbonyl (C=O) groups excluding carboxylic acids is 1. The van der Waals surface area contributed by atoms with Crippen LogP contribution in [0.1, 0.15) is 54.1 Å². The quantitative estimate of drug-likeness (QED) is 0.634.